The molecule has 0 radical (unpaired) electrons. The summed E-state index contributed by atoms with van der Waals surface area (Å²) in [4.78, 5) is 23.9. The summed E-state index contributed by atoms with van der Waals surface area (Å²) in [5.74, 6) is 1.56. The quantitative estimate of drug-likeness (QED) is 0.752. The SMILES string of the molecule is CCOc1ccc(NC(=O)CCC(=O)O[C@H]2CC[C@H](C)[C@H](C)C2)cc1. The van der Waals surface area contributed by atoms with E-state index in [0.717, 1.165) is 25.0 Å². The van der Waals surface area contributed by atoms with Gasteiger partial charge in [0.2, 0.25) is 5.91 Å². The van der Waals surface area contributed by atoms with Crippen LogP contribution in [0, 0.1) is 11.8 Å². The van der Waals surface area contributed by atoms with Gasteiger partial charge in [-0.2, -0.15) is 0 Å². The predicted octanol–water partition coefficient (Wildman–Crippen LogP) is 4.17. The molecule has 1 aromatic rings. The molecular formula is C20H29NO4. The molecule has 0 heterocycles. The number of nitrogens with one attached hydrogen (secondary N) is 1. The van der Waals surface area contributed by atoms with E-state index in [1.165, 1.54) is 0 Å². The van der Waals surface area contributed by atoms with Crippen LogP contribution >= 0.6 is 0 Å². The maximum absolute atomic E-state index is 12.0. The van der Waals surface area contributed by atoms with E-state index in [0.29, 0.717) is 24.1 Å². The fraction of sp³-hybridized carbons (Fsp3) is 0.600. The van der Waals surface area contributed by atoms with Crippen molar-refractivity contribution in [3.05, 3.63) is 24.3 Å². The lowest BCUT2D eigenvalue weighted by molar-refractivity contribution is -0.152. The van der Waals surface area contributed by atoms with Gasteiger partial charge in [0.1, 0.15) is 11.9 Å². The van der Waals surface area contributed by atoms with Crippen LogP contribution in [-0.4, -0.2) is 24.6 Å². The molecular weight excluding hydrogens is 318 g/mol. The van der Waals surface area contributed by atoms with E-state index in [2.05, 4.69) is 19.2 Å². The molecule has 0 aromatic heterocycles. The molecule has 0 bridgehead atoms. The Kier molecular flexibility index (Phi) is 7.29. The Morgan fingerprint density at radius 2 is 1.80 bits per heavy atom. The van der Waals surface area contributed by atoms with Gasteiger partial charge in [-0.1, -0.05) is 13.8 Å². The van der Waals surface area contributed by atoms with Crippen molar-refractivity contribution >= 4 is 17.6 Å². The zero-order valence-corrected chi connectivity index (χ0v) is 15.4. The zero-order valence-electron chi connectivity index (χ0n) is 15.4. The predicted molar refractivity (Wildman–Crippen MR) is 97.5 cm³/mol. The first-order valence-electron chi connectivity index (χ1n) is 9.20. The molecule has 1 N–H and O–H groups in total. The van der Waals surface area contributed by atoms with Crippen LogP contribution in [0.15, 0.2) is 24.3 Å². The van der Waals surface area contributed by atoms with Gasteiger partial charge < -0.3 is 14.8 Å². The lowest BCUT2D eigenvalue weighted by Gasteiger charge is -2.31. The lowest BCUT2D eigenvalue weighted by atomic mass is 9.80. The molecule has 5 nitrogen and oxygen atoms in total. The van der Waals surface area contributed by atoms with E-state index in [9.17, 15) is 9.59 Å². The van der Waals surface area contributed by atoms with E-state index in [1.54, 1.807) is 24.3 Å². The molecule has 138 valence electrons. The van der Waals surface area contributed by atoms with Gasteiger partial charge in [-0.15, -0.1) is 0 Å². The van der Waals surface area contributed by atoms with Gasteiger partial charge in [-0.25, -0.2) is 0 Å². The van der Waals surface area contributed by atoms with Gasteiger partial charge in [0.05, 0.1) is 13.0 Å². The number of carbonyl (C=O) groups excluding carboxylic acids is 2. The van der Waals surface area contributed by atoms with Crippen LogP contribution in [0.25, 0.3) is 0 Å². The normalized spacial score (nSPS) is 22.9. The number of rotatable bonds is 7. The molecule has 0 spiro atoms. The molecule has 3 atom stereocenters. The standard InChI is InChI=1S/C20H29NO4/c1-4-24-17-9-6-16(7-10-17)21-19(22)11-12-20(23)25-18-8-5-14(2)15(3)13-18/h6-7,9-10,14-15,18H,4-5,8,11-13H2,1-3H3,(H,21,22)/t14-,15+,18-/m0/s1. The Balaban J connectivity index is 1.69. The number of carbonyl (C=O) groups is 2. The minimum Gasteiger partial charge on any atom is -0.494 e. The minimum absolute atomic E-state index is 0.00729. The van der Waals surface area contributed by atoms with Gasteiger partial charge in [0, 0.05) is 12.1 Å². The number of anilines is 1. The number of hydrogen-bond donors (Lipinski definition) is 1. The second-order valence-electron chi connectivity index (χ2n) is 6.89. The van der Waals surface area contributed by atoms with Crippen LogP contribution in [0.1, 0.15) is 52.9 Å². The van der Waals surface area contributed by atoms with Crippen molar-refractivity contribution in [1.29, 1.82) is 0 Å². The number of ether oxygens (including phenoxy) is 2. The highest BCUT2D eigenvalue weighted by molar-refractivity contribution is 5.92. The Labute approximate surface area is 150 Å². The van der Waals surface area contributed by atoms with Gasteiger partial charge in [-0.05, 0) is 62.3 Å². The smallest absolute Gasteiger partial charge is 0.306 e. The third-order valence-corrected chi connectivity index (χ3v) is 4.85. The first kappa shape index (κ1) is 19.3. The molecule has 25 heavy (non-hydrogen) atoms. The highest BCUT2D eigenvalue weighted by Crippen LogP contribution is 2.31. The molecule has 1 aliphatic rings. The van der Waals surface area contributed by atoms with Crippen LogP contribution in [0.4, 0.5) is 5.69 Å². The molecule has 1 aromatic carbocycles. The summed E-state index contributed by atoms with van der Waals surface area (Å²) in [6.07, 6.45) is 3.19. The van der Waals surface area contributed by atoms with E-state index in [1.807, 2.05) is 6.92 Å². The largest absolute Gasteiger partial charge is 0.494 e. The molecule has 0 saturated heterocycles. The third-order valence-electron chi connectivity index (χ3n) is 4.85. The van der Waals surface area contributed by atoms with Gasteiger partial charge in [0.25, 0.3) is 0 Å². The summed E-state index contributed by atoms with van der Waals surface area (Å²) in [5.41, 5.74) is 0.692. The highest BCUT2D eigenvalue weighted by Gasteiger charge is 2.27. The van der Waals surface area contributed by atoms with Gasteiger partial charge in [0.15, 0.2) is 0 Å². The second-order valence-corrected chi connectivity index (χ2v) is 6.89. The fourth-order valence-corrected chi connectivity index (χ4v) is 3.09. The molecule has 1 aliphatic carbocycles. The first-order chi connectivity index (χ1) is 12.0. The minimum atomic E-state index is -0.284. The molecule has 0 unspecified atom stereocenters. The van der Waals surface area contributed by atoms with E-state index in [-0.39, 0.29) is 30.8 Å². The Hall–Kier alpha value is -2.04. The Bertz CT molecular complexity index is 570. The van der Waals surface area contributed by atoms with E-state index >= 15 is 0 Å². The topological polar surface area (TPSA) is 64.6 Å². The second kappa shape index (κ2) is 9.44. The molecule has 1 fully saturated rings. The van der Waals surface area contributed by atoms with Crippen molar-refractivity contribution in [1.82, 2.24) is 0 Å². The Morgan fingerprint density at radius 3 is 2.44 bits per heavy atom. The highest BCUT2D eigenvalue weighted by atomic mass is 16.5. The molecule has 0 aliphatic heterocycles. The number of esters is 1. The van der Waals surface area contributed by atoms with Crippen molar-refractivity contribution in [2.75, 3.05) is 11.9 Å². The maximum atomic E-state index is 12.0. The van der Waals surface area contributed by atoms with Crippen LogP contribution < -0.4 is 10.1 Å². The fourth-order valence-electron chi connectivity index (χ4n) is 3.09. The summed E-state index contributed by atoms with van der Waals surface area (Å²) in [6.45, 7) is 6.97. The van der Waals surface area contributed by atoms with Gasteiger partial charge in [-0.3, -0.25) is 9.59 Å². The van der Waals surface area contributed by atoms with Gasteiger partial charge >= 0.3 is 5.97 Å². The molecule has 1 amide bonds. The molecule has 5 heteroatoms. The summed E-state index contributed by atoms with van der Waals surface area (Å²) >= 11 is 0. The molecule has 1 saturated carbocycles. The summed E-state index contributed by atoms with van der Waals surface area (Å²) in [5, 5.41) is 2.78. The average molecular weight is 347 g/mol. The van der Waals surface area contributed by atoms with E-state index < -0.39 is 0 Å². The first-order valence-corrected chi connectivity index (χ1v) is 9.20. The number of benzene rings is 1. The van der Waals surface area contributed by atoms with Crippen LogP contribution in [-0.2, 0) is 14.3 Å². The summed E-state index contributed by atoms with van der Waals surface area (Å²) in [7, 11) is 0. The average Bonchev–Trinajstić information content (AvgIpc) is 2.58. The van der Waals surface area contributed by atoms with Crippen molar-refractivity contribution in [3.8, 4) is 5.75 Å². The van der Waals surface area contributed by atoms with Crippen LogP contribution in [0.3, 0.4) is 0 Å². The van der Waals surface area contributed by atoms with Crippen LogP contribution in [0.5, 0.6) is 5.75 Å². The van der Waals surface area contributed by atoms with Crippen molar-refractivity contribution in [3.63, 3.8) is 0 Å². The molecule has 2 rings (SSSR count). The third kappa shape index (κ3) is 6.40. The van der Waals surface area contributed by atoms with Crippen LogP contribution in [0.2, 0.25) is 0 Å². The summed E-state index contributed by atoms with van der Waals surface area (Å²) < 4.78 is 10.9. The number of hydrogen-bond acceptors (Lipinski definition) is 4. The number of amides is 1. The zero-order chi connectivity index (χ0) is 18.2. The lowest BCUT2D eigenvalue weighted by Crippen LogP contribution is -2.29. The van der Waals surface area contributed by atoms with Crippen molar-refractivity contribution in [2.45, 2.75) is 59.0 Å². The van der Waals surface area contributed by atoms with E-state index in [4.69, 9.17) is 9.47 Å². The maximum Gasteiger partial charge on any atom is 0.306 e. The van der Waals surface area contributed by atoms with Crippen molar-refractivity contribution in [2.24, 2.45) is 11.8 Å². The monoisotopic (exact) mass is 347 g/mol. The Morgan fingerprint density at radius 1 is 1.08 bits per heavy atom. The van der Waals surface area contributed by atoms with Crippen molar-refractivity contribution < 1.29 is 19.1 Å². The summed E-state index contributed by atoms with van der Waals surface area (Å²) in [6, 6.07) is 7.18.